The third-order valence-corrected chi connectivity index (χ3v) is 2.90. The zero-order valence-corrected chi connectivity index (χ0v) is 13.4. The van der Waals surface area contributed by atoms with Gasteiger partial charge in [0.2, 0.25) is 0 Å². The lowest BCUT2D eigenvalue weighted by molar-refractivity contribution is -0.143. The number of rotatable bonds is 6. The van der Waals surface area contributed by atoms with Crippen LogP contribution in [0, 0.1) is 5.92 Å². The number of hydrogen-bond donors (Lipinski definition) is 1. The summed E-state index contributed by atoms with van der Waals surface area (Å²) < 4.78 is 9.79. The van der Waals surface area contributed by atoms with Crippen LogP contribution in [0.15, 0.2) is 5.11 Å². The smallest absolute Gasteiger partial charge is 0.407 e. The molecular formula is C13H24N4O4. The second kappa shape index (κ2) is 8.36. The lowest BCUT2D eigenvalue weighted by Gasteiger charge is -2.29. The summed E-state index contributed by atoms with van der Waals surface area (Å²) in [6, 6.07) is -1.84. The molecule has 1 unspecified atom stereocenters. The van der Waals surface area contributed by atoms with Crippen LogP contribution in [0.25, 0.3) is 10.4 Å². The standard InChI is InChI=1S/C13H24N4O4/c1-7-8(2)9(10(16-17-14)11(18)20-6)15-12(19)21-13(3,4)5/h8-10H,7H2,1-6H3,(H,15,19)/t8-,9-,10?/m0/s1. The van der Waals surface area contributed by atoms with Crippen molar-refractivity contribution >= 4 is 12.1 Å². The van der Waals surface area contributed by atoms with Gasteiger partial charge in [-0.05, 0) is 32.2 Å². The van der Waals surface area contributed by atoms with Crippen LogP contribution in [0.3, 0.4) is 0 Å². The molecule has 0 radical (unpaired) electrons. The molecule has 0 saturated carbocycles. The first-order chi connectivity index (χ1) is 9.66. The van der Waals surface area contributed by atoms with Gasteiger partial charge >= 0.3 is 12.1 Å². The van der Waals surface area contributed by atoms with Gasteiger partial charge in [0.05, 0.1) is 13.2 Å². The highest BCUT2D eigenvalue weighted by Crippen LogP contribution is 2.17. The van der Waals surface area contributed by atoms with Crippen LogP contribution in [0.2, 0.25) is 0 Å². The first-order valence-electron chi connectivity index (χ1n) is 6.77. The van der Waals surface area contributed by atoms with Crippen LogP contribution in [0.4, 0.5) is 4.79 Å². The minimum atomic E-state index is -1.14. The molecule has 1 amide bonds. The summed E-state index contributed by atoms with van der Waals surface area (Å²) in [6.07, 6.45) is 0.00406. The van der Waals surface area contributed by atoms with Gasteiger partial charge in [-0.2, -0.15) is 0 Å². The van der Waals surface area contributed by atoms with Crippen molar-refractivity contribution in [1.82, 2.24) is 5.32 Å². The topological polar surface area (TPSA) is 113 Å². The quantitative estimate of drug-likeness (QED) is 0.351. The number of ether oxygens (including phenoxy) is 2. The van der Waals surface area contributed by atoms with Crippen molar-refractivity contribution in [3.05, 3.63) is 10.4 Å². The zero-order valence-electron chi connectivity index (χ0n) is 13.4. The number of alkyl carbamates (subject to hydrolysis) is 1. The highest BCUT2D eigenvalue weighted by Gasteiger charge is 2.34. The van der Waals surface area contributed by atoms with Gasteiger partial charge in [0.1, 0.15) is 5.60 Å². The molecule has 0 rings (SSSR count). The second-order valence-electron chi connectivity index (χ2n) is 5.73. The molecule has 1 N–H and O–H groups in total. The Bertz CT molecular complexity index is 413. The number of esters is 1. The summed E-state index contributed by atoms with van der Waals surface area (Å²) in [6.45, 7) is 8.94. The highest BCUT2D eigenvalue weighted by atomic mass is 16.6. The van der Waals surface area contributed by atoms with Crippen LogP contribution in [-0.2, 0) is 14.3 Å². The summed E-state index contributed by atoms with van der Waals surface area (Å²) in [5.41, 5.74) is 7.95. The van der Waals surface area contributed by atoms with E-state index in [4.69, 9.17) is 10.3 Å². The number of carbonyl (C=O) groups excluding carboxylic acids is 2. The molecule has 21 heavy (non-hydrogen) atoms. The SMILES string of the molecule is CC[C@H](C)[C@H](NC(=O)OC(C)(C)C)C(N=[N+]=[N-])C(=O)OC. The van der Waals surface area contributed by atoms with Crippen molar-refractivity contribution in [3.63, 3.8) is 0 Å². The van der Waals surface area contributed by atoms with Gasteiger partial charge in [0.15, 0.2) is 6.04 Å². The van der Waals surface area contributed by atoms with E-state index < -0.39 is 29.7 Å². The molecule has 0 heterocycles. The van der Waals surface area contributed by atoms with Crippen molar-refractivity contribution < 1.29 is 19.1 Å². The Kier molecular flexibility index (Phi) is 7.59. The third kappa shape index (κ3) is 6.85. The molecule has 0 aliphatic rings. The fourth-order valence-corrected chi connectivity index (χ4v) is 1.67. The fraction of sp³-hybridized carbons (Fsp3) is 0.846. The van der Waals surface area contributed by atoms with E-state index in [2.05, 4.69) is 20.1 Å². The Morgan fingerprint density at radius 1 is 1.38 bits per heavy atom. The van der Waals surface area contributed by atoms with Gasteiger partial charge in [-0.15, -0.1) is 0 Å². The molecular weight excluding hydrogens is 276 g/mol. The van der Waals surface area contributed by atoms with E-state index in [0.717, 1.165) is 0 Å². The average Bonchev–Trinajstić information content (AvgIpc) is 2.38. The van der Waals surface area contributed by atoms with E-state index in [1.165, 1.54) is 7.11 Å². The maximum absolute atomic E-state index is 11.9. The Morgan fingerprint density at radius 2 is 1.95 bits per heavy atom. The summed E-state index contributed by atoms with van der Waals surface area (Å²) in [4.78, 5) is 26.3. The third-order valence-electron chi connectivity index (χ3n) is 2.90. The number of azide groups is 1. The first kappa shape index (κ1) is 19.1. The van der Waals surface area contributed by atoms with E-state index in [0.29, 0.717) is 6.42 Å². The van der Waals surface area contributed by atoms with Crippen molar-refractivity contribution in [2.45, 2.75) is 58.7 Å². The predicted molar refractivity (Wildman–Crippen MR) is 77.6 cm³/mol. The minimum absolute atomic E-state index is 0.105. The molecule has 8 nitrogen and oxygen atoms in total. The monoisotopic (exact) mass is 300 g/mol. The van der Waals surface area contributed by atoms with E-state index in [1.807, 2.05) is 13.8 Å². The Morgan fingerprint density at radius 3 is 2.33 bits per heavy atom. The molecule has 0 fully saturated rings. The van der Waals surface area contributed by atoms with Gasteiger partial charge in [0.25, 0.3) is 0 Å². The zero-order chi connectivity index (χ0) is 16.6. The summed E-state index contributed by atoms with van der Waals surface area (Å²) in [5, 5.41) is 6.05. The van der Waals surface area contributed by atoms with Crippen LogP contribution < -0.4 is 5.32 Å². The molecule has 120 valence electrons. The fourth-order valence-electron chi connectivity index (χ4n) is 1.67. The molecule has 0 spiro atoms. The molecule has 0 aliphatic carbocycles. The molecule has 8 heteroatoms. The summed E-state index contributed by atoms with van der Waals surface area (Å²) in [7, 11) is 1.20. The normalized spacial score (nSPS) is 15.1. The Hall–Kier alpha value is -1.95. The number of nitrogens with one attached hydrogen (secondary N) is 1. The summed E-state index contributed by atoms with van der Waals surface area (Å²) in [5.74, 6) is -0.804. The number of nitrogens with zero attached hydrogens (tertiary/aromatic N) is 3. The van der Waals surface area contributed by atoms with E-state index >= 15 is 0 Å². The molecule has 0 aromatic carbocycles. The van der Waals surface area contributed by atoms with Crippen LogP contribution in [0.5, 0.6) is 0 Å². The van der Waals surface area contributed by atoms with Crippen LogP contribution >= 0.6 is 0 Å². The maximum Gasteiger partial charge on any atom is 0.407 e. The van der Waals surface area contributed by atoms with Gasteiger partial charge in [0, 0.05) is 4.91 Å². The largest absolute Gasteiger partial charge is 0.469 e. The van der Waals surface area contributed by atoms with Gasteiger partial charge in [-0.3, -0.25) is 4.79 Å². The second-order valence-corrected chi connectivity index (χ2v) is 5.73. The first-order valence-corrected chi connectivity index (χ1v) is 6.77. The molecule has 0 aromatic heterocycles. The van der Waals surface area contributed by atoms with Crippen molar-refractivity contribution in [2.75, 3.05) is 7.11 Å². The van der Waals surface area contributed by atoms with Gasteiger partial charge in [-0.25, -0.2) is 4.79 Å². The summed E-state index contributed by atoms with van der Waals surface area (Å²) >= 11 is 0. The number of hydrogen-bond acceptors (Lipinski definition) is 5. The molecule has 0 aromatic rings. The van der Waals surface area contributed by atoms with Crippen molar-refractivity contribution in [3.8, 4) is 0 Å². The molecule has 0 saturated heterocycles. The van der Waals surface area contributed by atoms with Gasteiger partial charge < -0.3 is 14.8 Å². The number of amides is 1. The Balaban J connectivity index is 5.22. The lowest BCUT2D eigenvalue weighted by atomic mass is 9.93. The van der Waals surface area contributed by atoms with Crippen LogP contribution in [-0.4, -0.2) is 36.9 Å². The molecule has 0 bridgehead atoms. The van der Waals surface area contributed by atoms with Crippen LogP contribution in [0.1, 0.15) is 41.0 Å². The average molecular weight is 300 g/mol. The predicted octanol–water partition coefficient (Wildman–Crippen LogP) is 2.78. The molecule has 3 atom stereocenters. The minimum Gasteiger partial charge on any atom is -0.469 e. The van der Waals surface area contributed by atoms with Crippen molar-refractivity contribution in [1.29, 1.82) is 0 Å². The maximum atomic E-state index is 11.9. The Labute approximate surface area is 124 Å². The molecule has 0 aliphatic heterocycles. The highest BCUT2D eigenvalue weighted by molar-refractivity contribution is 5.78. The number of carbonyl (C=O) groups is 2. The lowest BCUT2D eigenvalue weighted by Crippen LogP contribution is -2.51. The van der Waals surface area contributed by atoms with E-state index in [1.54, 1.807) is 20.8 Å². The number of methoxy groups -OCH3 is 1. The van der Waals surface area contributed by atoms with Gasteiger partial charge in [-0.1, -0.05) is 25.4 Å². The van der Waals surface area contributed by atoms with E-state index in [9.17, 15) is 9.59 Å². The van der Waals surface area contributed by atoms with Crippen molar-refractivity contribution in [2.24, 2.45) is 11.0 Å². The van der Waals surface area contributed by atoms with E-state index in [-0.39, 0.29) is 5.92 Å².